The van der Waals surface area contributed by atoms with Gasteiger partial charge in [0.15, 0.2) is 5.16 Å². The van der Waals surface area contributed by atoms with Crippen LogP contribution in [0.1, 0.15) is 44.2 Å². The predicted molar refractivity (Wildman–Crippen MR) is 137 cm³/mol. The first-order valence-corrected chi connectivity index (χ1v) is 14.1. The second-order valence-electron chi connectivity index (χ2n) is 8.39. The van der Waals surface area contributed by atoms with Gasteiger partial charge in [-0.1, -0.05) is 55.4 Å². The van der Waals surface area contributed by atoms with E-state index in [4.69, 9.17) is 5.73 Å². The van der Waals surface area contributed by atoms with Crippen molar-refractivity contribution >= 4 is 39.3 Å². The molecule has 1 aromatic heterocycles. The van der Waals surface area contributed by atoms with Crippen LogP contribution in [0, 0.1) is 0 Å². The Morgan fingerprint density at radius 2 is 1.74 bits per heavy atom. The van der Waals surface area contributed by atoms with Crippen molar-refractivity contribution < 1.29 is 13.2 Å². The Morgan fingerprint density at radius 1 is 1.06 bits per heavy atom. The first-order chi connectivity index (χ1) is 16.9. The Balaban J connectivity index is 1.46. The summed E-state index contributed by atoms with van der Waals surface area (Å²) in [5.41, 5.74) is 7.72. The number of piperidine rings is 1. The number of carbonyl (C=O) groups is 1. The fraction of sp³-hybridized carbons (Fsp3) is 0.375. The number of anilines is 2. The van der Waals surface area contributed by atoms with Crippen molar-refractivity contribution in [2.75, 3.05) is 24.1 Å². The Kier molecular flexibility index (Phi) is 8.09. The van der Waals surface area contributed by atoms with Crippen molar-refractivity contribution in [3.8, 4) is 0 Å². The summed E-state index contributed by atoms with van der Waals surface area (Å²) in [6.45, 7) is 2.98. The maximum Gasteiger partial charge on any atom is 0.247 e. The number of sulfonamides is 1. The van der Waals surface area contributed by atoms with Crippen LogP contribution in [0.25, 0.3) is 0 Å². The summed E-state index contributed by atoms with van der Waals surface area (Å²) in [4.78, 5) is 13.4. The van der Waals surface area contributed by atoms with E-state index in [1.165, 1.54) is 28.2 Å². The molecule has 0 aliphatic carbocycles. The largest absolute Gasteiger partial charge is 0.368 e. The Bertz CT molecular complexity index is 1240. The molecule has 4 rings (SSSR count). The number of hydrogen-bond donors (Lipinski definition) is 2. The van der Waals surface area contributed by atoms with Crippen molar-refractivity contribution in [3.63, 3.8) is 0 Å². The van der Waals surface area contributed by atoms with Crippen LogP contribution in [-0.2, 0) is 20.6 Å². The third kappa shape index (κ3) is 5.85. The zero-order chi connectivity index (χ0) is 24.8. The van der Waals surface area contributed by atoms with E-state index >= 15 is 0 Å². The van der Waals surface area contributed by atoms with Crippen LogP contribution in [0.2, 0.25) is 0 Å². The lowest BCUT2D eigenvalue weighted by Gasteiger charge is -2.26. The molecule has 0 saturated carbocycles. The molecule has 186 valence electrons. The standard InChI is InChI=1S/C24H30N6O3S2/c1-2-21(30-23(25)27-28-24(30)34-17-18-9-5-3-6-10-18)22(31)26-19-11-13-20(14-12-19)35(32,33)29-15-7-4-8-16-29/h3,5-6,9-14,21H,2,4,7-8,15-17H2,1H3,(H2,25,27)(H,26,31). The second kappa shape index (κ2) is 11.2. The maximum atomic E-state index is 13.2. The minimum atomic E-state index is -3.52. The van der Waals surface area contributed by atoms with E-state index in [2.05, 4.69) is 15.5 Å². The van der Waals surface area contributed by atoms with Crippen LogP contribution >= 0.6 is 11.8 Å². The molecular weight excluding hydrogens is 484 g/mol. The summed E-state index contributed by atoms with van der Waals surface area (Å²) >= 11 is 1.46. The number of aromatic nitrogens is 3. The first kappa shape index (κ1) is 25.2. The van der Waals surface area contributed by atoms with Gasteiger partial charge in [-0.25, -0.2) is 8.42 Å². The van der Waals surface area contributed by atoms with E-state index < -0.39 is 16.1 Å². The number of rotatable bonds is 9. The number of nitrogens with one attached hydrogen (secondary N) is 1. The zero-order valence-corrected chi connectivity index (χ0v) is 21.3. The van der Waals surface area contributed by atoms with Gasteiger partial charge in [0.2, 0.25) is 21.9 Å². The van der Waals surface area contributed by atoms with Gasteiger partial charge >= 0.3 is 0 Å². The molecule has 0 spiro atoms. The number of nitrogens with two attached hydrogens (primary N) is 1. The van der Waals surface area contributed by atoms with Gasteiger partial charge in [-0.2, -0.15) is 4.31 Å². The summed E-state index contributed by atoms with van der Waals surface area (Å²) in [6.07, 6.45) is 3.29. The Labute approximate surface area is 210 Å². The molecule has 1 aliphatic rings. The Morgan fingerprint density at radius 3 is 2.40 bits per heavy atom. The number of nitrogens with zero attached hydrogens (tertiary/aromatic N) is 4. The van der Waals surface area contributed by atoms with E-state index in [9.17, 15) is 13.2 Å². The van der Waals surface area contributed by atoms with Gasteiger partial charge in [0.25, 0.3) is 0 Å². The second-order valence-corrected chi connectivity index (χ2v) is 11.3. The topological polar surface area (TPSA) is 123 Å². The number of thioether (sulfide) groups is 1. The molecule has 2 aromatic carbocycles. The number of amides is 1. The molecule has 2 heterocycles. The molecule has 1 unspecified atom stereocenters. The smallest absolute Gasteiger partial charge is 0.247 e. The molecule has 1 atom stereocenters. The van der Waals surface area contributed by atoms with E-state index in [1.807, 2.05) is 37.3 Å². The zero-order valence-electron chi connectivity index (χ0n) is 19.6. The molecule has 0 radical (unpaired) electrons. The lowest BCUT2D eigenvalue weighted by Crippen LogP contribution is -2.35. The van der Waals surface area contributed by atoms with E-state index in [0.29, 0.717) is 36.1 Å². The molecule has 1 amide bonds. The molecule has 11 heteroatoms. The Hall–Kier alpha value is -2.89. The highest BCUT2D eigenvalue weighted by Gasteiger charge is 2.27. The minimum absolute atomic E-state index is 0.172. The predicted octanol–water partition coefficient (Wildman–Crippen LogP) is 3.92. The maximum absolute atomic E-state index is 13.2. The average Bonchev–Trinajstić information content (AvgIpc) is 3.24. The summed E-state index contributed by atoms with van der Waals surface area (Å²) in [5, 5.41) is 11.6. The van der Waals surface area contributed by atoms with Crippen LogP contribution in [0.15, 0.2) is 64.6 Å². The van der Waals surface area contributed by atoms with E-state index in [1.54, 1.807) is 16.7 Å². The van der Waals surface area contributed by atoms with Crippen molar-refractivity contribution in [2.24, 2.45) is 0 Å². The molecule has 1 fully saturated rings. The van der Waals surface area contributed by atoms with Crippen LogP contribution in [0.5, 0.6) is 0 Å². The van der Waals surface area contributed by atoms with Crippen molar-refractivity contribution in [1.29, 1.82) is 0 Å². The van der Waals surface area contributed by atoms with Gasteiger partial charge in [-0.15, -0.1) is 10.2 Å². The quantitative estimate of drug-likeness (QED) is 0.415. The monoisotopic (exact) mass is 514 g/mol. The van der Waals surface area contributed by atoms with Gasteiger partial charge in [-0.3, -0.25) is 9.36 Å². The van der Waals surface area contributed by atoms with Gasteiger partial charge in [-0.05, 0) is 49.1 Å². The molecule has 9 nitrogen and oxygen atoms in total. The normalized spacial score (nSPS) is 15.6. The fourth-order valence-electron chi connectivity index (χ4n) is 4.08. The van der Waals surface area contributed by atoms with Crippen LogP contribution in [0.3, 0.4) is 0 Å². The molecule has 3 aromatic rings. The minimum Gasteiger partial charge on any atom is -0.368 e. The van der Waals surface area contributed by atoms with Gasteiger partial charge in [0.1, 0.15) is 6.04 Å². The lowest BCUT2D eigenvalue weighted by atomic mass is 10.2. The van der Waals surface area contributed by atoms with Crippen molar-refractivity contribution in [2.45, 2.75) is 54.5 Å². The van der Waals surface area contributed by atoms with Crippen LogP contribution in [0.4, 0.5) is 11.6 Å². The highest BCUT2D eigenvalue weighted by Crippen LogP contribution is 2.29. The summed E-state index contributed by atoms with van der Waals surface area (Å²) in [5.74, 6) is 0.571. The lowest BCUT2D eigenvalue weighted by molar-refractivity contribution is -0.119. The number of hydrogen-bond acceptors (Lipinski definition) is 7. The van der Waals surface area contributed by atoms with Gasteiger partial charge in [0, 0.05) is 24.5 Å². The first-order valence-electron chi connectivity index (χ1n) is 11.7. The fourth-order valence-corrected chi connectivity index (χ4v) is 6.54. The molecule has 3 N–H and O–H groups in total. The van der Waals surface area contributed by atoms with E-state index in [0.717, 1.165) is 24.8 Å². The molecule has 1 saturated heterocycles. The molecular formula is C24H30N6O3S2. The van der Waals surface area contributed by atoms with E-state index in [-0.39, 0.29) is 16.8 Å². The third-order valence-corrected chi connectivity index (χ3v) is 8.90. The third-order valence-electron chi connectivity index (χ3n) is 5.98. The SMILES string of the molecule is CCC(C(=O)Nc1ccc(S(=O)(=O)N2CCCCC2)cc1)n1c(N)nnc1SCc1ccccc1. The van der Waals surface area contributed by atoms with Crippen LogP contribution in [-0.4, -0.2) is 46.5 Å². The van der Waals surface area contributed by atoms with Crippen molar-refractivity contribution in [1.82, 2.24) is 19.1 Å². The molecule has 1 aliphatic heterocycles. The molecule has 35 heavy (non-hydrogen) atoms. The average molecular weight is 515 g/mol. The van der Waals surface area contributed by atoms with Gasteiger partial charge < -0.3 is 11.1 Å². The summed E-state index contributed by atoms with van der Waals surface area (Å²) < 4.78 is 28.9. The number of benzene rings is 2. The highest BCUT2D eigenvalue weighted by atomic mass is 32.2. The highest BCUT2D eigenvalue weighted by molar-refractivity contribution is 7.98. The molecule has 0 bridgehead atoms. The summed E-state index contributed by atoms with van der Waals surface area (Å²) in [7, 11) is -3.52. The summed E-state index contributed by atoms with van der Waals surface area (Å²) in [6, 6.07) is 15.6. The van der Waals surface area contributed by atoms with Crippen LogP contribution < -0.4 is 11.1 Å². The van der Waals surface area contributed by atoms with Crippen molar-refractivity contribution in [3.05, 3.63) is 60.2 Å². The van der Waals surface area contributed by atoms with Gasteiger partial charge in [0.05, 0.1) is 4.90 Å². The number of carbonyl (C=O) groups excluding carboxylic acids is 1. The number of nitrogen functional groups attached to an aromatic ring is 1.